The zero-order chi connectivity index (χ0) is 15.2. The van der Waals surface area contributed by atoms with Crippen molar-refractivity contribution < 1.29 is 4.79 Å². The maximum atomic E-state index is 12.4. The van der Waals surface area contributed by atoms with Gasteiger partial charge in [0, 0.05) is 11.6 Å². The summed E-state index contributed by atoms with van der Waals surface area (Å²) in [5.41, 5.74) is 7.29. The number of hydrogen-bond acceptors (Lipinski definition) is 3. The number of amides is 1. The lowest BCUT2D eigenvalue weighted by Gasteiger charge is -2.16. The molecule has 0 saturated carbocycles. The Hall–Kier alpha value is -2.35. The number of anilines is 1. The van der Waals surface area contributed by atoms with E-state index in [1.54, 1.807) is 18.2 Å². The molecule has 1 unspecified atom stereocenters. The molecule has 21 heavy (non-hydrogen) atoms. The standard InChI is InChI=1S/C16H14ClN3O/c17-13-7-6-12(9-18)15(8-13)20-16(21)14(10-19)11-4-2-1-3-5-11/h1-8,14H,10,19H2,(H,20,21). The molecule has 0 saturated heterocycles. The lowest BCUT2D eigenvalue weighted by atomic mass is 9.98. The summed E-state index contributed by atoms with van der Waals surface area (Å²) in [6.07, 6.45) is 0. The number of halogens is 1. The average molecular weight is 300 g/mol. The Balaban J connectivity index is 2.25. The molecule has 2 aromatic rings. The van der Waals surface area contributed by atoms with Gasteiger partial charge in [0.1, 0.15) is 6.07 Å². The second-order valence-electron chi connectivity index (χ2n) is 4.49. The Morgan fingerprint density at radius 1 is 1.29 bits per heavy atom. The van der Waals surface area contributed by atoms with Crippen LogP contribution in [0.4, 0.5) is 5.69 Å². The zero-order valence-corrected chi connectivity index (χ0v) is 12.0. The number of nitrogens with two attached hydrogens (primary N) is 1. The minimum Gasteiger partial charge on any atom is -0.329 e. The van der Waals surface area contributed by atoms with Gasteiger partial charge in [-0.2, -0.15) is 5.26 Å². The summed E-state index contributed by atoms with van der Waals surface area (Å²) >= 11 is 5.90. The van der Waals surface area contributed by atoms with Crippen molar-refractivity contribution in [3.8, 4) is 6.07 Å². The largest absolute Gasteiger partial charge is 0.329 e. The minimum atomic E-state index is -0.475. The van der Waals surface area contributed by atoms with E-state index in [9.17, 15) is 4.79 Å². The first kappa shape index (κ1) is 15.0. The molecule has 0 bridgehead atoms. The van der Waals surface area contributed by atoms with Crippen molar-refractivity contribution >= 4 is 23.2 Å². The number of benzene rings is 2. The SMILES string of the molecule is N#Cc1ccc(Cl)cc1NC(=O)C(CN)c1ccccc1. The van der Waals surface area contributed by atoms with Crippen LogP contribution in [0.25, 0.3) is 0 Å². The van der Waals surface area contributed by atoms with E-state index in [0.29, 0.717) is 16.3 Å². The molecule has 0 fully saturated rings. The van der Waals surface area contributed by atoms with E-state index in [0.717, 1.165) is 5.56 Å². The molecule has 1 amide bonds. The molecule has 2 aromatic carbocycles. The fourth-order valence-corrected chi connectivity index (χ4v) is 2.19. The summed E-state index contributed by atoms with van der Waals surface area (Å²) in [6.45, 7) is 0.179. The smallest absolute Gasteiger partial charge is 0.233 e. The van der Waals surface area contributed by atoms with E-state index in [1.165, 1.54) is 0 Å². The first-order chi connectivity index (χ1) is 10.2. The van der Waals surface area contributed by atoms with Crippen LogP contribution in [-0.2, 0) is 4.79 Å². The highest BCUT2D eigenvalue weighted by atomic mass is 35.5. The molecule has 0 aliphatic heterocycles. The Kier molecular flexibility index (Phi) is 4.94. The first-order valence-electron chi connectivity index (χ1n) is 6.41. The second-order valence-corrected chi connectivity index (χ2v) is 4.93. The first-order valence-corrected chi connectivity index (χ1v) is 6.79. The van der Waals surface area contributed by atoms with Crippen LogP contribution >= 0.6 is 11.6 Å². The van der Waals surface area contributed by atoms with Gasteiger partial charge in [0.25, 0.3) is 0 Å². The highest BCUT2D eigenvalue weighted by Gasteiger charge is 2.20. The molecule has 0 heterocycles. The summed E-state index contributed by atoms with van der Waals surface area (Å²) < 4.78 is 0. The topological polar surface area (TPSA) is 78.9 Å². The molecule has 0 aliphatic carbocycles. The number of rotatable bonds is 4. The number of nitriles is 1. The Labute approximate surface area is 128 Å². The van der Waals surface area contributed by atoms with E-state index in [-0.39, 0.29) is 12.5 Å². The van der Waals surface area contributed by atoms with Gasteiger partial charge in [-0.25, -0.2) is 0 Å². The Morgan fingerprint density at radius 3 is 2.62 bits per heavy atom. The molecule has 106 valence electrons. The fourth-order valence-electron chi connectivity index (χ4n) is 2.02. The fraction of sp³-hybridized carbons (Fsp3) is 0.125. The van der Waals surface area contributed by atoms with Crippen molar-refractivity contribution in [3.63, 3.8) is 0 Å². The third-order valence-electron chi connectivity index (χ3n) is 3.11. The zero-order valence-electron chi connectivity index (χ0n) is 11.2. The van der Waals surface area contributed by atoms with Gasteiger partial charge in [-0.3, -0.25) is 4.79 Å². The van der Waals surface area contributed by atoms with Crippen molar-refractivity contribution in [2.24, 2.45) is 5.73 Å². The van der Waals surface area contributed by atoms with Gasteiger partial charge in [0.2, 0.25) is 5.91 Å². The summed E-state index contributed by atoms with van der Waals surface area (Å²) in [7, 11) is 0. The molecule has 2 rings (SSSR count). The average Bonchev–Trinajstić information content (AvgIpc) is 2.49. The summed E-state index contributed by atoms with van der Waals surface area (Å²) in [4.78, 5) is 12.4. The Bertz CT molecular complexity index is 680. The van der Waals surface area contributed by atoms with Crippen molar-refractivity contribution in [2.75, 3.05) is 11.9 Å². The predicted molar refractivity (Wildman–Crippen MR) is 83.0 cm³/mol. The van der Waals surface area contributed by atoms with Crippen LogP contribution in [0.2, 0.25) is 5.02 Å². The van der Waals surface area contributed by atoms with Crippen LogP contribution in [0, 0.1) is 11.3 Å². The van der Waals surface area contributed by atoms with Gasteiger partial charge >= 0.3 is 0 Å². The van der Waals surface area contributed by atoms with Crippen LogP contribution in [0.5, 0.6) is 0 Å². The molecule has 0 radical (unpaired) electrons. The number of hydrogen-bond donors (Lipinski definition) is 2. The van der Waals surface area contributed by atoms with Gasteiger partial charge in [0.05, 0.1) is 17.2 Å². The van der Waals surface area contributed by atoms with Gasteiger partial charge in [-0.15, -0.1) is 0 Å². The monoisotopic (exact) mass is 299 g/mol. The van der Waals surface area contributed by atoms with Gasteiger partial charge in [-0.1, -0.05) is 41.9 Å². The van der Waals surface area contributed by atoms with Crippen LogP contribution in [-0.4, -0.2) is 12.5 Å². The molecule has 0 spiro atoms. The van der Waals surface area contributed by atoms with Crippen LogP contribution in [0.15, 0.2) is 48.5 Å². The molecule has 4 nitrogen and oxygen atoms in total. The maximum Gasteiger partial charge on any atom is 0.233 e. The lowest BCUT2D eigenvalue weighted by Crippen LogP contribution is -2.27. The molecule has 3 N–H and O–H groups in total. The summed E-state index contributed by atoms with van der Waals surface area (Å²) in [5, 5.41) is 12.2. The van der Waals surface area contributed by atoms with Crippen molar-refractivity contribution in [1.82, 2.24) is 0 Å². The third-order valence-corrected chi connectivity index (χ3v) is 3.35. The highest BCUT2D eigenvalue weighted by molar-refractivity contribution is 6.31. The van der Waals surface area contributed by atoms with E-state index in [4.69, 9.17) is 22.6 Å². The normalized spacial score (nSPS) is 11.5. The lowest BCUT2D eigenvalue weighted by molar-refractivity contribution is -0.117. The maximum absolute atomic E-state index is 12.4. The number of nitrogens with one attached hydrogen (secondary N) is 1. The third kappa shape index (κ3) is 3.60. The minimum absolute atomic E-state index is 0.179. The van der Waals surface area contributed by atoms with Crippen molar-refractivity contribution in [2.45, 2.75) is 5.92 Å². The quantitative estimate of drug-likeness (QED) is 0.911. The summed E-state index contributed by atoms with van der Waals surface area (Å²) in [6, 6.07) is 16.0. The van der Waals surface area contributed by atoms with Crippen LogP contribution < -0.4 is 11.1 Å². The molecule has 5 heteroatoms. The van der Waals surface area contributed by atoms with E-state index >= 15 is 0 Å². The van der Waals surface area contributed by atoms with E-state index in [2.05, 4.69) is 5.32 Å². The van der Waals surface area contributed by atoms with Crippen molar-refractivity contribution in [1.29, 1.82) is 5.26 Å². The van der Waals surface area contributed by atoms with Gasteiger partial charge in [0.15, 0.2) is 0 Å². The summed E-state index contributed by atoms with van der Waals surface area (Å²) in [5.74, 6) is -0.737. The van der Waals surface area contributed by atoms with E-state index < -0.39 is 5.92 Å². The number of carbonyl (C=O) groups excluding carboxylic acids is 1. The van der Waals surface area contributed by atoms with E-state index in [1.807, 2.05) is 36.4 Å². The van der Waals surface area contributed by atoms with Gasteiger partial charge in [-0.05, 0) is 23.8 Å². The Morgan fingerprint density at radius 2 is 2.00 bits per heavy atom. The number of nitrogens with zero attached hydrogens (tertiary/aromatic N) is 1. The molecule has 1 atom stereocenters. The van der Waals surface area contributed by atoms with Crippen molar-refractivity contribution in [3.05, 3.63) is 64.7 Å². The molecular weight excluding hydrogens is 286 g/mol. The predicted octanol–water partition coefficient (Wildman–Crippen LogP) is 2.89. The van der Waals surface area contributed by atoms with Crippen LogP contribution in [0.3, 0.4) is 0 Å². The second kappa shape index (κ2) is 6.89. The van der Waals surface area contributed by atoms with Gasteiger partial charge < -0.3 is 11.1 Å². The molecule has 0 aliphatic rings. The highest BCUT2D eigenvalue weighted by Crippen LogP contribution is 2.23. The number of carbonyl (C=O) groups is 1. The van der Waals surface area contributed by atoms with Crippen LogP contribution in [0.1, 0.15) is 17.0 Å². The molecular formula is C16H14ClN3O. The molecule has 0 aromatic heterocycles.